The maximum absolute atomic E-state index is 13.3. The fourth-order valence-corrected chi connectivity index (χ4v) is 4.82. The molecule has 0 aliphatic carbocycles. The maximum Gasteiger partial charge on any atom is 0.252 e. The van der Waals surface area contributed by atoms with Crippen LogP contribution in [0.5, 0.6) is 5.75 Å². The first-order valence-electron chi connectivity index (χ1n) is 13.7. The number of fused-ring (bicyclic) bond motifs is 4. The van der Waals surface area contributed by atoms with E-state index in [4.69, 9.17) is 4.74 Å². The topological polar surface area (TPSA) is 151 Å². The van der Waals surface area contributed by atoms with Gasteiger partial charge in [0.2, 0.25) is 11.8 Å². The van der Waals surface area contributed by atoms with Gasteiger partial charge in [0, 0.05) is 57.3 Å². The lowest BCUT2D eigenvalue weighted by molar-refractivity contribution is -0.136. The highest BCUT2D eigenvalue weighted by molar-refractivity contribution is 5.98. The van der Waals surface area contributed by atoms with Crippen LogP contribution in [0.15, 0.2) is 24.4 Å². The smallest absolute Gasteiger partial charge is 0.252 e. The summed E-state index contributed by atoms with van der Waals surface area (Å²) in [6.45, 7) is 6.84. The fraction of sp³-hybridized carbons (Fsp3) is 0.593. The number of ether oxygens (including phenoxy) is 1. The van der Waals surface area contributed by atoms with Crippen molar-refractivity contribution in [2.75, 3.05) is 39.3 Å². The lowest BCUT2D eigenvalue weighted by Crippen LogP contribution is -2.54. The van der Waals surface area contributed by atoms with Gasteiger partial charge in [-0.25, -0.2) is 0 Å². The van der Waals surface area contributed by atoms with Gasteiger partial charge in [0.1, 0.15) is 11.8 Å². The zero-order valence-corrected chi connectivity index (χ0v) is 23.9. The Morgan fingerprint density at radius 1 is 1.18 bits per heavy atom. The van der Waals surface area contributed by atoms with Crippen molar-refractivity contribution in [1.29, 1.82) is 0 Å². The molecular formula is C27H40ClN7O5. The molecular weight excluding hydrogens is 538 g/mol. The third kappa shape index (κ3) is 8.39. The predicted molar refractivity (Wildman–Crippen MR) is 150 cm³/mol. The van der Waals surface area contributed by atoms with Gasteiger partial charge in [-0.2, -0.15) is 0 Å². The third-order valence-electron chi connectivity index (χ3n) is 7.15. The molecule has 40 heavy (non-hydrogen) atoms. The van der Waals surface area contributed by atoms with Crippen molar-refractivity contribution >= 4 is 30.1 Å². The van der Waals surface area contributed by atoms with E-state index in [9.17, 15) is 19.5 Å². The molecule has 12 nitrogen and oxygen atoms in total. The minimum absolute atomic E-state index is 0. The zero-order valence-electron chi connectivity index (χ0n) is 23.1. The van der Waals surface area contributed by atoms with Gasteiger partial charge in [-0.05, 0) is 50.9 Å². The highest BCUT2D eigenvalue weighted by Gasteiger charge is 2.28. The zero-order chi connectivity index (χ0) is 27.8. The van der Waals surface area contributed by atoms with Gasteiger partial charge in [0.15, 0.2) is 0 Å². The van der Waals surface area contributed by atoms with Crippen LogP contribution in [0.3, 0.4) is 0 Å². The maximum atomic E-state index is 13.3. The largest absolute Gasteiger partial charge is 0.493 e. The van der Waals surface area contributed by atoms with Crippen LogP contribution in [-0.4, -0.2) is 94.2 Å². The number of hydrogen-bond donors (Lipinski definition) is 4. The summed E-state index contributed by atoms with van der Waals surface area (Å²) in [7, 11) is 0. The Morgan fingerprint density at radius 3 is 2.75 bits per heavy atom. The van der Waals surface area contributed by atoms with E-state index < -0.39 is 24.0 Å². The number of nitrogens with one attached hydrogen (secondary N) is 3. The van der Waals surface area contributed by atoms with E-state index in [-0.39, 0.29) is 30.8 Å². The van der Waals surface area contributed by atoms with Crippen molar-refractivity contribution in [2.24, 2.45) is 5.92 Å². The molecule has 2 aliphatic rings. The van der Waals surface area contributed by atoms with Gasteiger partial charge < -0.3 is 30.7 Å². The van der Waals surface area contributed by atoms with E-state index in [1.54, 1.807) is 27.8 Å². The molecule has 4 bridgehead atoms. The van der Waals surface area contributed by atoms with Gasteiger partial charge >= 0.3 is 0 Å². The molecule has 1 saturated heterocycles. The minimum atomic E-state index is -1.16. The molecule has 3 heterocycles. The van der Waals surface area contributed by atoms with Crippen molar-refractivity contribution in [3.05, 3.63) is 41.2 Å². The lowest BCUT2D eigenvalue weighted by Gasteiger charge is -2.30. The van der Waals surface area contributed by atoms with E-state index >= 15 is 0 Å². The number of aromatic nitrogens is 3. The molecule has 1 aromatic carbocycles. The summed E-state index contributed by atoms with van der Waals surface area (Å²) in [6.07, 6.45) is 3.74. The van der Waals surface area contributed by atoms with Crippen LogP contribution >= 0.6 is 12.4 Å². The number of hydrogen-bond acceptors (Lipinski definition) is 8. The Morgan fingerprint density at radius 2 is 2.00 bits per heavy atom. The number of carbonyl (C=O) groups is 3. The second-order valence-corrected chi connectivity index (χ2v) is 10.3. The fourth-order valence-electron chi connectivity index (χ4n) is 4.82. The van der Waals surface area contributed by atoms with Gasteiger partial charge in [0.05, 0.1) is 24.3 Å². The predicted octanol–water partition coefficient (Wildman–Crippen LogP) is 0.457. The second kappa shape index (κ2) is 15.0. The molecule has 220 valence electrons. The number of nitrogens with zero attached hydrogens (tertiary/aromatic N) is 4. The number of halogens is 1. The monoisotopic (exact) mass is 577 g/mol. The number of rotatable bonds is 2. The SMILES string of the molecule is Cc1ccc2cc1OCCCn1cc(nn1)CCN(C(=O)[C@@H]1CCCNC1)CCNC(=O)[C@H]([C@@H](C)O)NC2=O.Cl. The Balaban J connectivity index is 0.00000441. The molecule has 2 aromatic rings. The number of aliphatic hydroxyl groups excluding tert-OH is 1. The van der Waals surface area contributed by atoms with Gasteiger partial charge in [-0.1, -0.05) is 11.3 Å². The standard InChI is InChI=1S/C27H39N7O5.ClH/c1-18-6-7-20-15-23(18)39-14-4-11-34-17-22(31-32-34)8-12-33(27(38)21-5-3-9-28-16-21)13-10-29-26(37)24(19(2)35)30-25(20)36;/h6-7,15,17,19,21,24,28,35H,3-5,8-14,16H2,1-2H3,(H,29,37)(H,30,36);1H/t19-,21-,24+;/m1./s1. The lowest BCUT2D eigenvalue weighted by atomic mass is 9.98. The van der Waals surface area contributed by atoms with E-state index in [0.717, 1.165) is 30.6 Å². The van der Waals surface area contributed by atoms with Crippen LogP contribution < -0.4 is 20.7 Å². The van der Waals surface area contributed by atoms with Crippen LogP contribution in [0, 0.1) is 12.8 Å². The average Bonchev–Trinajstić information content (AvgIpc) is 3.39. The van der Waals surface area contributed by atoms with E-state index in [2.05, 4.69) is 26.3 Å². The molecule has 4 N–H and O–H groups in total. The van der Waals surface area contributed by atoms with Gasteiger partial charge in [-0.15, -0.1) is 17.5 Å². The first kappa shape index (κ1) is 31.3. The molecule has 4 rings (SSSR count). The van der Waals surface area contributed by atoms with Crippen molar-refractivity contribution in [2.45, 2.75) is 58.2 Å². The average molecular weight is 578 g/mol. The quantitative estimate of drug-likeness (QED) is 0.402. The Hall–Kier alpha value is -3.22. The van der Waals surface area contributed by atoms with E-state index in [1.165, 1.54) is 6.92 Å². The Bertz CT molecular complexity index is 1150. The Kier molecular flexibility index (Phi) is 11.7. The summed E-state index contributed by atoms with van der Waals surface area (Å²) in [5.74, 6) is -0.511. The van der Waals surface area contributed by atoms with Gasteiger partial charge in [-0.3, -0.25) is 19.1 Å². The van der Waals surface area contributed by atoms with Crippen LogP contribution in [-0.2, 0) is 22.6 Å². The van der Waals surface area contributed by atoms with Crippen LogP contribution in [0.4, 0.5) is 0 Å². The molecule has 0 spiro atoms. The summed E-state index contributed by atoms with van der Waals surface area (Å²) in [4.78, 5) is 41.0. The number of aryl methyl sites for hydroxylation is 2. The summed E-state index contributed by atoms with van der Waals surface area (Å²) in [6, 6.07) is 3.92. The highest BCUT2D eigenvalue weighted by Crippen LogP contribution is 2.20. The normalized spacial score (nSPS) is 22.1. The van der Waals surface area contributed by atoms with Crippen molar-refractivity contribution in [3.63, 3.8) is 0 Å². The van der Waals surface area contributed by atoms with Gasteiger partial charge in [0.25, 0.3) is 5.91 Å². The molecule has 1 fully saturated rings. The molecule has 2 aliphatic heterocycles. The van der Waals surface area contributed by atoms with Crippen molar-refractivity contribution in [1.82, 2.24) is 35.8 Å². The molecule has 3 atom stereocenters. The third-order valence-corrected chi connectivity index (χ3v) is 7.15. The molecule has 3 amide bonds. The molecule has 0 unspecified atom stereocenters. The highest BCUT2D eigenvalue weighted by atomic mass is 35.5. The van der Waals surface area contributed by atoms with Crippen LogP contribution in [0.25, 0.3) is 0 Å². The molecule has 0 radical (unpaired) electrons. The molecule has 1 aromatic heterocycles. The second-order valence-electron chi connectivity index (χ2n) is 10.3. The van der Waals surface area contributed by atoms with Crippen LogP contribution in [0.1, 0.15) is 47.8 Å². The van der Waals surface area contributed by atoms with Crippen molar-refractivity contribution in [3.8, 4) is 5.75 Å². The number of carbonyl (C=O) groups excluding carboxylic acids is 3. The first-order chi connectivity index (χ1) is 18.8. The summed E-state index contributed by atoms with van der Waals surface area (Å²) >= 11 is 0. The van der Waals surface area contributed by atoms with E-state index in [0.29, 0.717) is 56.9 Å². The minimum Gasteiger partial charge on any atom is -0.493 e. The van der Waals surface area contributed by atoms with Crippen LogP contribution in [0.2, 0.25) is 0 Å². The molecule has 13 heteroatoms. The summed E-state index contributed by atoms with van der Waals surface area (Å²) in [5.41, 5.74) is 1.99. The number of amides is 3. The summed E-state index contributed by atoms with van der Waals surface area (Å²) in [5, 5.41) is 27.5. The number of aliphatic hydroxyl groups is 1. The van der Waals surface area contributed by atoms with Crippen molar-refractivity contribution < 1.29 is 24.2 Å². The summed E-state index contributed by atoms with van der Waals surface area (Å²) < 4.78 is 7.70. The number of piperidine rings is 1. The first-order valence-corrected chi connectivity index (χ1v) is 13.7. The Labute approximate surface area is 240 Å². The van der Waals surface area contributed by atoms with E-state index in [1.807, 2.05) is 13.1 Å². The number of benzene rings is 1. The molecule has 0 saturated carbocycles.